The summed E-state index contributed by atoms with van der Waals surface area (Å²) < 4.78 is 1.12. The van der Waals surface area contributed by atoms with E-state index in [4.69, 9.17) is 0 Å². The van der Waals surface area contributed by atoms with Gasteiger partial charge in [0.15, 0.2) is 0 Å². The van der Waals surface area contributed by atoms with Gasteiger partial charge in [-0.3, -0.25) is 14.5 Å². The first-order valence-electron chi connectivity index (χ1n) is 11.4. The quantitative estimate of drug-likeness (QED) is 0.367. The van der Waals surface area contributed by atoms with Crippen molar-refractivity contribution in [3.63, 3.8) is 0 Å². The number of urea groups is 1. The molecule has 4 aromatic rings. The van der Waals surface area contributed by atoms with Crippen molar-refractivity contribution in [1.29, 1.82) is 0 Å². The molecular formula is C27H24N4O3S. The second kappa shape index (κ2) is 9.31. The molecule has 0 radical (unpaired) electrons. The number of imide groups is 1. The third kappa shape index (κ3) is 4.79. The van der Waals surface area contributed by atoms with Gasteiger partial charge in [0.1, 0.15) is 17.1 Å². The number of fused-ring (bicyclic) bond motifs is 1. The molecule has 176 valence electrons. The van der Waals surface area contributed by atoms with E-state index in [0.29, 0.717) is 18.5 Å². The summed E-state index contributed by atoms with van der Waals surface area (Å²) in [4.78, 5) is 43.7. The minimum atomic E-state index is -1.04. The molecule has 0 bridgehead atoms. The summed E-state index contributed by atoms with van der Waals surface area (Å²) >= 11 is 1.61. The number of nitrogens with zero attached hydrogens (tertiary/aromatic N) is 2. The van der Waals surface area contributed by atoms with Gasteiger partial charge in [-0.2, -0.15) is 0 Å². The number of hydrogen-bond acceptors (Lipinski definition) is 5. The van der Waals surface area contributed by atoms with Crippen molar-refractivity contribution in [3.8, 4) is 10.6 Å². The first-order chi connectivity index (χ1) is 16.9. The van der Waals surface area contributed by atoms with Crippen LogP contribution in [0.5, 0.6) is 0 Å². The first-order valence-corrected chi connectivity index (χ1v) is 12.2. The van der Waals surface area contributed by atoms with E-state index >= 15 is 0 Å². The highest BCUT2D eigenvalue weighted by Crippen LogP contribution is 2.30. The fraction of sp³-hybridized carbons (Fsp3) is 0.185. The molecule has 1 aromatic heterocycles. The lowest BCUT2D eigenvalue weighted by Gasteiger charge is -2.21. The standard InChI is InChI=1S/C27H24N4O3S/c1-27(16-15-18-7-3-2-4-8-18)25(33)31(26(34)30-27)17-23(32)28-20-13-11-19(12-14-20)24-29-21-9-5-6-10-22(21)35-24/h2-14H,15-17H2,1H3,(H,28,32)(H,30,34)/t27-/m0/s1. The summed E-state index contributed by atoms with van der Waals surface area (Å²) in [6.45, 7) is 1.36. The van der Waals surface area contributed by atoms with E-state index in [0.717, 1.165) is 31.3 Å². The van der Waals surface area contributed by atoms with E-state index in [1.54, 1.807) is 30.4 Å². The minimum Gasteiger partial charge on any atom is -0.325 e. The number of anilines is 1. The summed E-state index contributed by atoms with van der Waals surface area (Å²) in [5.41, 5.74) is 2.54. The SMILES string of the molecule is C[C@@]1(CCc2ccccc2)NC(=O)N(CC(=O)Nc2ccc(-c3nc4ccccc4s3)cc2)C1=O. The van der Waals surface area contributed by atoms with Crippen molar-refractivity contribution in [2.45, 2.75) is 25.3 Å². The Hall–Kier alpha value is -4.04. The van der Waals surface area contributed by atoms with Gasteiger partial charge in [-0.25, -0.2) is 9.78 Å². The Bertz CT molecular complexity index is 1370. The molecule has 1 atom stereocenters. The molecule has 0 saturated carbocycles. The van der Waals surface area contributed by atoms with Crippen LogP contribution in [0, 0.1) is 0 Å². The second-order valence-corrected chi connectivity index (χ2v) is 9.78. The van der Waals surface area contributed by atoms with Gasteiger partial charge >= 0.3 is 6.03 Å². The van der Waals surface area contributed by atoms with Crippen LogP contribution in [0.25, 0.3) is 20.8 Å². The van der Waals surface area contributed by atoms with Gasteiger partial charge in [-0.1, -0.05) is 42.5 Å². The van der Waals surface area contributed by atoms with Crippen LogP contribution in [0.3, 0.4) is 0 Å². The van der Waals surface area contributed by atoms with Gasteiger partial charge in [-0.05, 0) is 61.7 Å². The Balaban J connectivity index is 1.20. The molecule has 1 aliphatic heterocycles. The summed E-state index contributed by atoms with van der Waals surface area (Å²) in [6, 6.07) is 24.5. The zero-order chi connectivity index (χ0) is 24.4. The van der Waals surface area contributed by atoms with Crippen LogP contribution < -0.4 is 10.6 Å². The molecule has 0 spiro atoms. The Kier molecular flexibility index (Phi) is 6.05. The van der Waals surface area contributed by atoms with Gasteiger partial charge in [-0.15, -0.1) is 11.3 Å². The molecule has 1 aliphatic rings. The van der Waals surface area contributed by atoms with Crippen molar-refractivity contribution in [1.82, 2.24) is 15.2 Å². The molecule has 0 aliphatic carbocycles. The molecule has 35 heavy (non-hydrogen) atoms. The fourth-order valence-electron chi connectivity index (χ4n) is 4.14. The Morgan fingerprint density at radius 3 is 2.46 bits per heavy atom. The van der Waals surface area contributed by atoms with E-state index in [9.17, 15) is 14.4 Å². The fourth-order valence-corrected chi connectivity index (χ4v) is 5.11. The maximum absolute atomic E-state index is 13.0. The highest BCUT2D eigenvalue weighted by atomic mass is 32.1. The number of carbonyl (C=O) groups is 3. The number of thiazole rings is 1. The lowest BCUT2D eigenvalue weighted by atomic mass is 9.93. The molecule has 2 heterocycles. The summed E-state index contributed by atoms with van der Waals surface area (Å²) in [7, 11) is 0. The van der Waals surface area contributed by atoms with Crippen LogP contribution in [-0.2, 0) is 16.0 Å². The van der Waals surface area contributed by atoms with Crippen molar-refractivity contribution < 1.29 is 14.4 Å². The monoisotopic (exact) mass is 484 g/mol. The number of aromatic nitrogens is 1. The summed E-state index contributed by atoms with van der Waals surface area (Å²) in [5, 5.41) is 6.43. The van der Waals surface area contributed by atoms with E-state index in [1.165, 1.54) is 0 Å². The van der Waals surface area contributed by atoms with Crippen molar-refractivity contribution in [2.24, 2.45) is 0 Å². The highest BCUT2D eigenvalue weighted by molar-refractivity contribution is 7.21. The van der Waals surface area contributed by atoms with Gasteiger partial charge < -0.3 is 10.6 Å². The average Bonchev–Trinajstić information content (AvgIpc) is 3.39. The van der Waals surface area contributed by atoms with E-state index < -0.39 is 17.5 Å². The van der Waals surface area contributed by atoms with Crippen LogP contribution in [-0.4, -0.2) is 39.8 Å². The molecular weight excluding hydrogens is 460 g/mol. The second-order valence-electron chi connectivity index (χ2n) is 8.75. The molecule has 5 rings (SSSR count). The third-order valence-electron chi connectivity index (χ3n) is 6.11. The minimum absolute atomic E-state index is 0.342. The number of carbonyl (C=O) groups excluding carboxylic acids is 3. The number of hydrogen-bond donors (Lipinski definition) is 2. The number of nitrogens with one attached hydrogen (secondary N) is 2. The van der Waals surface area contributed by atoms with Crippen molar-refractivity contribution in [3.05, 3.63) is 84.4 Å². The maximum Gasteiger partial charge on any atom is 0.325 e. The van der Waals surface area contributed by atoms with Crippen LogP contribution >= 0.6 is 11.3 Å². The summed E-state index contributed by atoms with van der Waals surface area (Å²) in [6.07, 6.45) is 1.09. The summed E-state index contributed by atoms with van der Waals surface area (Å²) in [5.74, 6) is -0.826. The number of benzene rings is 3. The van der Waals surface area contributed by atoms with Crippen molar-refractivity contribution >= 4 is 45.1 Å². The normalized spacial score (nSPS) is 17.6. The zero-order valence-electron chi connectivity index (χ0n) is 19.2. The van der Waals surface area contributed by atoms with Gasteiger partial charge in [0.2, 0.25) is 5.91 Å². The molecule has 1 saturated heterocycles. The van der Waals surface area contributed by atoms with Crippen LogP contribution in [0.15, 0.2) is 78.9 Å². The molecule has 4 amide bonds. The van der Waals surface area contributed by atoms with Gasteiger partial charge in [0, 0.05) is 11.3 Å². The number of para-hydroxylation sites is 1. The molecule has 8 heteroatoms. The molecule has 2 N–H and O–H groups in total. The van der Waals surface area contributed by atoms with Gasteiger partial charge in [0.05, 0.1) is 10.2 Å². The molecule has 7 nitrogen and oxygen atoms in total. The van der Waals surface area contributed by atoms with Crippen LogP contribution in [0.2, 0.25) is 0 Å². The lowest BCUT2D eigenvalue weighted by molar-refractivity contribution is -0.133. The van der Waals surface area contributed by atoms with E-state index in [-0.39, 0.29) is 12.5 Å². The largest absolute Gasteiger partial charge is 0.325 e. The highest BCUT2D eigenvalue weighted by Gasteiger charge is 2.47. The molecule has 3 aromatic carbocycles. The van der Waals surface area contributed by atoms with Crippen LogP contribution in [0.4, 0.5) is 10.5 Å². The van der Waals surface area contributed by atoms with Gasteiger partial charge in [0.25, 0.3) is 5.91 Å². The smallest absolute Gasteiger partial charge is 0.325 e. The van der Waals surface area contributed by atoms with Crippen molar-refractivity contribution in [2.75, 3.05) is 11.9 Å². The number of aryl methyl sites for hydroxylation is 1. The molecule has 1 fully saturated rings. The van der Waals surface area contributed by atoms with E-state index in [1.807, 2.05) is 66.7 Å². The topological polar surface area (TPSA) is 91.4 Å². The third-order valence-corrected chi connectivity index (χ3v) is 7.20. The first kappa shape index (κ1) is 22.7. The number of rotatable bonds is 7. The zero-order valence-corrected chi connectivity index (χ0v) is 20.0. The average molecular weight is 485 g/mol. The van der Waals surface area contributed by atoms with Crippen LogP contribution in [0.1, 0.15) is 18.9 Å². The molecule has 0 unspecified atom stereocenters. The van der Waals surface area contributed by atoms with E-state index in [2.05, 4.69) is 15.6 Å². The Morgan fingerprint density at radius 2 is 1.71 bits per heavy atom. The Labute approximate surface area is 206 Å². The predicted molar refractivity (Wildman–Crippen MR) is 137 cm³/mol. The lowest BCUT2D eigenvalue weighted by Crippen LogP contribution is -2.45. The predicted octanol–water partition coefficient (Wildman–Crippen LogP) is 4.85. The number of amides is 4. The maximum atomic E-state index is 13.0. The Morgan fingerprint density at radius 1 is 1.00 bits per heavy atom.